The van der Waals surface area contributed by atoms with E-state index >= 15 is 0 Å². The minimum atomic E-state index is -1.94. The SMILES string of the molecule is CC(C)C[C@H](NC(=O)[C@H](CC(N)=O)NC(=O)[C@@H]1CCCN1C(=O)[C@H](CCC(N)=O)NC(=O)[C@H](CCCCN)NC(=O)[C@H](CCCCN)NC(=O)[C@H](Cc1c[nH]c2ccccc12)NC(=O)[C@@H](N)Cc1ccc(O)cc1)C(=O)N[C@H](C(=O)N[C@@H](CCCNC(=N)N)C(=O)N[C@@H](C)C(=O)N[C@H](C(=O)N[C@@H](CCC(=O)O)C(=O)N[C@@H](CC(N)=O)C(=O)O)C(C)C)[C@@H](C)O. The maximum absolute atomic E-state index is 14.9. The first kappa shape index (κ1) is 104. The maximum atomic E-state index is 14.9. The molecule has 0 bridgehead atoms. The lowest BCUT2D eigenvalue weighted by atomic mass is 10.0. The number of nitrogens with one attached hydrogen (secondary N) is 15. The second-order valence-electron chi connectivity index (χ2n) is 31.3. The van der Waals surface area contributed by atoms with E-state index in [0.717, 1.165) is 22.7 Å². The van der Waals surface area contributed by atoms with Crippen LogP contribution in [0.25, 0.3) is 10.9 Å². The first-order chi connectivity index (χ1) is 58.4. The number of phenols is 1. The smallest absolute Gasteiger partial charge is 0.326 e. The van der Waals surface area contributed by atoms with Gasteiger partial charge in [0.05, 0.1) is 25.0 Å². The number of carbonyl (C=O) groups excluding carboxylic acids is 16. The molecular weight excluding hydrogens is 1620 g/mol. The number of carboxylic acids is 2. The second kappa shape index (κ2) is 52.0. The number of likely N-dealkylation sites (tertiary alicyclic amines) is 1. The summed E-state index contributed by atoms with van der Waals surface area (Å²) in [6.07, 6.45) is -3.49. The van der Waals surface area contributed by atoms with Gasteiger partial charge in [0.2, 0.25) is 94.5 Å². The number of primary amides is 3. The highest BCUT2D eigenvalue weighted by Gasteiger charge is 2.43. The van der Waals surface area contributed by atoms with Gasteiger partial charge < -0.3 is 140 Å². The fourth-order valence-electron chi connectivity index (χ4n) is 13.4. The number of guanidine groups is 1. The van der Waals surface area contributed by atoms with Gasteiger partial charge in [-0.2, -0.15) is 0 Å². The number of hydrogen-bond donors (Lipinski definition) is 26. The Morgan fingerprint density at radius 2 is 0.976 bits per heavy atom. The number of aliphatic hydroxyl groups excluding tert-OH is 1. The molecule has 4 rings (SSSR count). The predicted molar refractivity (Wildman–Crippen MR) is 447 cm³/mol. The second-order valence-corrected chi connectivity index (χ2v) is 31.3. The standard InChI is InChI=1S/C79H123N23O22/c1-39(2)33-54(73(118)101-64(42(6)103)76(121)93-51(19-13-31-88-79(86)87)67(112)90-41(5)65(110)100-63(40(3)4)75(120)94-52(26-28-62(108)109)70(115)99-57(78(123)124)37-61(85)107)97-72(117)56(36-60(84)106)98-74(119)58-20-14-32-102(58)77(122)53(25-27-59(83)105)95-69(114)50(18-10-12-30-81)91-68(113)49(17-9-11-29-80)92-71(116)55(35-44-38-89-48-16-8-7-15-46(44)48)96-66(111)47(82)34-43-21-23-45(104)24-22-43/h7-8,15-16,21-24,38-42,47,49-58,63-64,89,103-104H,9-14,17-20,25-37,80-82H2,1-6H3,(H2,83,105)(H2,84,106)(H2,85,107)(H,90,112)(H,91,113)(H,92,116)(H,93,121)(H,94,120)(H,95,114)(H,96,111)(H,97,117)(H,98,119)(H,99,115)(H,100,110)(H,101,118)(H,108,109)(H,123,124)(H4,86,87,88)/t41-,42+,47-,49-,50-,51-,52-,53-,54-,55-,56-,57-,58-,63-,64-/m0/s1. The van der Waals surface area contributed by atoms with Gasteiger partial charge in [0.25, 0.3) is 0 Å². The summed E-state index contributed by atoms with van der Waals surface area (Å²) in [6.45, 7) is 8.64. The number of aromatic amines is 1. The van der Waals surface area contributed by atoms with Crippen LogP contribution in [-0.4, -0.2) is 260 Å². The third-order valence-corrected chi connectivity index (χ3v) is 20.1. The summed E-state index contributed by atoms with van der Waals surface area (Å²) in [6, 6.07) is -8.94. The molecule has 686 valence electrons. The third-order valence-electron chi connectivity index (χ3n) is 20.1. The largest absolute Gasteiger partial charge is 0.508 e. The molecule has 16 amide bonds. The number of aromatic hydroxyl groups is 1. The predicted octanol–water partition coefficient (Wildman–Crippen LogP) is -6.62. The van der Waals surface area contributed by atoms with Gasteiger partial charge in [-0.3, -0.25) is 86.9 Å². The normalized spacial score (nSPS) is 15.8. The molecule has 1 saturated heterocycles. The van der Waals surface area contributed by atoms with Crippen LogP contribution in [0.5, 0.6) is 5.75 Å². The Bertz CT molecular complexity index is 4220. The van der Waals surface area contributed by atoms with E-state index in [1.807, 2.05) is 17.4 Å². The Labute approximate surface area is 715 Å². The van der Waals surface area contributed by atoms with Crippen molar-refractivity contribution in [3.8, 4) is 5.75 Å². The van der Waals surface area contributed by atoms with Crippen LogP contribution >= 0.6 is 0 Å². The molecule has 0 saturated carbocycles. The summed E-state index contributed by atoms with van der Waals surface area (Å²) in [4.78, 5) is 250. The number of para-hydroxylation sites is 1. The molecule has 33 N–H and O–H groups in total. The molecule has 0 spiro atoms. The zero-order valence-electron chi connectivity index (χ0n) is 70.4. The minimum Gasteiger partial charge on any atom is -0.508 e. The van der Waals surface area contributed by atoms with Crippen LogP contribution < -0.4 is 109 Å². The van der Waals surface area contributed by atoms with Crippen LogP contribution in [0.1, 0.15) is 162 Å². The molecule has 0 aliphatic carbocycles. The molecule has 45 nitrogen and oxygen atoms in total. The highest BCUT2D eigenvalue weighted by atomic mass is 16.4. The molecule has 0 radical (unpaired) electrons. The summed E-state index contributed by atoms with van der Waals surface area (Å²) in [7, 11) is 0. The van der Waals surface area contributed by atoms with Gasteiger partial charge in [-0.05, 0) is 158 Å². The lowest BCUT2D eigenvalue weighted by Gasteiger charge is -2.31. The zero-order chi connectivity index (χ0) is 92.8. The fourth-order valence-corrected chi connectivity index (χ4v) is 13.4. The Morgan fingerprint density at radius 1 is 0.500 bits per heavy atom. The molecule has 1 aliphatic heterocycles. The number of amides is 16. The summed E-state index contributed by atoms with van der Waals surface area (Å²) >= 11 is 0. The number of aliphatic hydroxyl groups is 1. The zero-order valence-corrected chi connectivity index (χ0v) is 70.4. The van der Waals surface area contributed by atoms with Crippen LogP contribution in [0.4, 0.5) is 0 Å². The number of carbonyl (C=O) groups is 18. The van der Waals surface area contributed by atoms with Crippen molar-refractivity contribution in [3.63, 3.8) is 0 Å². The molecule has 45 heteroatoms. The van der Waals surface area contributed by atoms with Crippen molar-refractivity contribution in [1.29, 1.82) is 5.41 Å². The summed E-state index contributed by atoms with van der Waals surface area (Å²) in [5.41, 5.74) is 41.9. The van der Waals surface area contributed by atoms with E-state index in [4.69, 9.17) is 45.5 Å². The number of fused-ring (bicyclic) bond motifs is 1. The van der Waals surface area contributed by atoms with Crippen molar-refractivity contribution >= 4 is 123 Å². The third kappa shape index (κ3) is 35.4. The number of rotatable bonds is 56. The molecular formula is C79H123N23O22. The molecule has 15 atom stereocenters. The van der Waals surface area contributed by atoms with E-state index in [9.17, 15) is 107 Å². The summed E-state index contributed by atoms with van der Waals surface area (Å²) in [5.74, 6) is -21.2. The van der Waals surface area contributed by atoms with Gasteiger partial charge in [-0.1, -0.05) is 58.0 Å². The summed E-state index contributed by atoms with van der Waals surface area (Å²) < 4.78 is 0. The Kier molecular flexibility index (Phi) is 43.5. The van der Waals surface area contributed by atoms with Crippen LogP contribution in [0.2, 0.25) is 0 Å². The average Bonchev–Trinajstić information content (AvgIpc) is 1.67. The monoisotopic (exact) mass is 1750 g/mol. The van der Waals surface area contributed by atoms with E-state index in [1.54, 1.807) is 44.3 Å². The Hall–Kier alpha value is -12.6. The van der Waals surface area contributed by atoms with Crippen molar-refractivity contribution in [2.45, 2.75) is 254 Å². The van der Waals surface area contributed by atoms with Gasteiger partial charge in [0.15, 0.2) is 5.96 Å². The number of hydrogen-bond acceptors (Lipinski definition) is 24. The van der Waals surface area contributed by atoms with Crippen molar-refractivity contribution in [2.24, 2.45) is 52.0 Å². The van der Waals surface area contributed by atoms with Crippen molar-refractivity contribution in [2.75, 3.05) is 26.2 Å². The van der Waals surface area contributed by atoms with Crippen LogP contribution in [0.15, 0.2) is 54.7 Å². The van der Waals surface area contributed by atoms with Crippen LogP contribution in [-0.2, 0) is 99.1 Å². The van der Waals surface area contributed by atoms with E-state index in [1.165, 1.54) is 32.9 Å². The average molecular weight is 1750 g/mol. The quantitative estimate of drug-likeness (QED) is 0.0142. The Morgan fingerprint density at radius 3 is 1.51 bits per heavy atom. The van der Waals surface area contributed by atoms with E-state index < -0.39 is 253 Å². The summed E-state index contributed by atoms with van der Waals surface area (Å²) in [5, 5.41) is 80.3. The minimum absolute atomic E-state index is 0.00721. The molecule has 124 heavy (non-hydrogen) atoms. The van der Waals surface area contributed by atoms with Gasteiger partial charge in [0.1, 0.15) is 84.3 Å². The number of aliphatic carboxylic acids is 2. The fraction of sp³-hybridized carbons (Fsp3) is 0.582. The molecule has 1 aromatic heterocycles. The molecule has 2 heterocycles. The van der Waals surface area contributed by atoms with E-state index in [-0.39, 0.29) is 103 Å². The van der Waals surface area contributed by atoms with Gasteiger partial charge in [0, 0.05) is 49.5 Å². The Balaban J connectivity index is 1.56. The van der Waals surface area contributed by atoms with Crippen LogP contribution in [0.3, 0.4) is 0 Å². The number of benzene rings is 2. The molecule has 3 aromatic rings. The van der Waals surface area contributed by atoms with Gasteiger partial charge in [-0.15, -0.1) is 0 Å². The lowest BCUT2D eigenvalue weighted by Crippen LogP contribution is -2.62. The molecule has 2 aromatic carbocycles. The van der Waals surface area contributed by atoms with Crippen molar-refractivity contribution in [1.82, 2.24) is 79.0 Å². The van der Waals surface area contributed by atoms with Crippen LogP contribution in [0, 0.1) is 17.2 Å². The topological polar surface area (TPSA) is 770 Å². The lowest BCUT2D eigenvalue weighted by molar-refractivity contribution is -0.144. The first-order valence-electron chi connectivity index (χ1n) is 40.9. The maximum Gasteiger partial charge on any atom is 0.326 e. The molecule has 1 aliphatic rings. The molecule has 0 unspecified atom stereocenters. The molecule has 1 fully saturated rings. The van der Waals surface area contributed by atoms with E-state index in [2.05, 4.69) is 68.8 Å². The highest BCUT2D eigenvalue weighted by Crippen LogP contribution is 2.23. The number of nitrogens with zero attached hydrogens (tertiary/aromatic N) is 1. The van der Waals surface area contributed by atoms with Crippen molar-refractivity contribution < 1.29 is 107 Å². The van der Waals surface area contributed by atoms with Crippen molar-refractivity contribution in [3.05, 3.63) is 65.9 Å². The number of nitrogens with two attached hydrogens (primary N) is 7. The van der Waals surface area contributed by atoms with E-state index in [0.29, 0.717) is 24.0 Å². The number of carboxylic acid groups (broad SMARTS) is 2. The first-order valence-corrected chi connectivity index (χ1v) is 40.9. The van der Waals surface area contributed by atoms with Gasteiger partial charge in [-0.25, -0.2) is 4.79 Å². The number of aromatic nitrogens is 1. The number of unbranched alkanes of at least 4 members (excludes halogenated alkanes) is 2. The van der Waals surface area contributed by atoms with Gasteiger partial charge >= 0.3 is 11.9 Å². The number of H-pyrrole nitrogens is 1. The number of phenolic OH excluding ortho intramolecular Hbond substituents is 1. The highest BCUT2D eigenvalue weighted by molar-refractivity contribution is 6.02.